The zero-order valence-corrected chi connectivity index (χ0v) is 11.8. The van der Waals surface area contributed by atoms with Crippen LogP contribution >= 0.6 is 0 Å². The van der Waals surface area contributed by atoms with E-state index in [4.69, 9.17) is 4.74 Å². The molecule has 20 heavy (non-hydrogen) atoms. The second-order valence-electron chi connectivity index (χ2n) is 5.54. The van der Waals surface area contributed by atoms with Crippen LogP contribution < -0.4 is 0 Å². The first-order valence-corrected chi connectivity index (χ1v) is 7.48. The molecular formula is C17H21NO2. The second-order valence-corrected chi connectivity index (χ2v) is 5.54. The van der Waals surface area contributed by atoms with E-state index in [0.717, 1.165) is 45.4 Å². The molecule has 106 valence electrons. The number of hydrogen-bond acceptors (Lipinski definition) is 2. The molecule has 2 aliphatic heterocycles. The Hall–Kier alpha value is -1.61. The summed E-state index contributed by atoms with van der Waals surface area (Å²) >= 11 is 0. The molecule has 0 aliphatic carbocycles. The Labute approximate surface area is 120 Å². The number of amides is 1. The Bertz CT molecular complexity index is 479. The number of ether oxygens (including phenoxy) is 1. The van der Waals surface area contributed by atoms with Gasteiger partial charge in [-0.2, -0.15) is 0 Å². The topological polar surface area (TPSA) is 29.5 Å². The highest BCUT2D eigenvalue weighted by molar-refractivity contribution is 5.81. The number of carbonyl (C=O) groups is 1. The number of benzene rings is 1. The van der Waals surface area contributed by atoms with Crippen LogP contribution in [0.2, 0.25) is 0 Å². The fraction of sp³-hybridized carbons (Fsp3) is 0.471. The molecule has 1 unspecified atom stereocenters. The minimum absolute atomic E-state index is 0.172. The Morgan fingerprint density at radius 1 is 1.20 bits per heavy atom. The van der Waals surface area contributed by atoms with Crippen molar-refractivity contribution in [3.05, 3.63) is 41.5 Å². The molecule has 1 amide bonds. The molecule has 1 aromatic carbocycles. The predicted octanol–water partition coefficient (Wildman–Crippen LogP) is 2.87. The van der Waals surface area contributed by atoms with E-state index in [9.17, 15) is 4.79 Å². The zero-order chi connectivity index (χ0) is 13.8. The number of carbonyl (C=O) groups excluding carboxylic acids is 1. The summed E-state index contributed by atoms with van der Waals surface area (Å²) in [5, 5.41) is 0. The van der Waals surface area contributed by atoms with Crippen LogP contribution in [0.15, 0.2) is 35.9 Å². The largest absolute Gasteiger partial charge is 0.368 e. The maximum atomic E-state index is 12.2. The van der Waals surface area contributed by atoms with E-state index in [2.05, 4.69) is 30.3 Å². The molecule has 1 atom stereocenters. The lowest BCUT2D eigenvalue weighted by molar-refractivity contribution is -0.141. The first-order valence-electron chi connectivity index (χ1n) is 7.48. The van der Waals surface area contributed by atoms with E-state index in [1.807, 2.05) is 11.0 Å². The van der Waals surface area contributed by atoms with Gasteiger partial charge in [0.2, 0.25) is 0 Å². The summed E-state index contributed by atoms with van der Waals surface area (Å²) in [5.74, 6) is 0.196. The summed E-state index contributed by atoms with van der Waals surface area (Å²) in [6.07, 6.45) is 5.95. The average Bonchev–Trinajstić information content (AvgIpc) is 3.03. The Morgan fingerprint density at radius 3 is 2.60 bits per heavy atom. The van der Waals surface area contributed by atoms with Gasteiger partial charge in [0.15, 0.2) is 0 Å². The van der Waals surface area contributed by atoms with Crippen molar-refractivity contribution in [2.45, 2.75) is 31.8 Å². The van der Waals surface area contributed by atoms with Crippen molar-refractivity contribution in [1.82, 2.24) is 4.90 Å². The van der Waals surface area contributed by atoms with Gasteiger partial charge in [-0.1, -0.05) is 42.0 Å². The van der Waals surface area contributed by atoms with Crippen LogP contribution in [0, 0.1) is 0 Å². The zero-order valence-electron chi connectivity index (χ0n) is 11.8. The molecule has 3 heteroatoms. The van der Waals surface area contributed by atoms with Gasteiger partial charge in [-0.05, 0) is 31.2 Å². The van der Waals surface area contributed by atoms with Gasteiger partial charge >= 0.3 is 0 Å². The van der Waals surface area contributed by atoms with Crippen molar-refractivity contribution in [2.24, 2.45) is 0 Å². The van der Waals surface area contributed by atoms with Crippen LogP contribution in [0.5, 0.6) is 0 Å². The van der Waals surface area contributed by atoms with Crippen molar-refractivity contribution in [3.8, 4) is 0 Å². The van der Waals surface area contributed by atoms with Crippen LogP contribution in [0.3, 0.4) is 0 Å². The molecule has 3 rings (SSSR count). The minimum atomic E-state index is -0.172. The second kappa shape index (κ2) is 6.23. The third-order valence-corrected chi connectivity index (χ3v) is 4.09. The number of piperidine rings is 1. The number of nitrogens with zero attached hydrogens (tertiary/aromatic N) is 1. The van der Waals surface area contributed by atoms with Gasteiger partial charge < -0.3 is 9.64 Å². The summed E-state index contributed by atoms with van der Waals surface area (Å²) in [6, 6.07) is 10.4. The van der Waals surface area contributed by atoms with Crippen LogP contribution in [0.25, 0.3) is 6.08 Å². The Morgan fingerprint density at radius 2 is 1.95 bits per heavy atom. The number of hydrogen-bond donors (Lipinski definition) is 0. The van der Waals surface area contributed by atoms with Gasteiger partial charge in [-0.3, -0.25) is 4.79 Å². The fourth-order valence-electron chi connectivity index (χ4n) is 2.92. The van der Waals surface area contributed by atoms with Crippen LogP contribution in [-0.2, 0) is 9.53 Å². The SMILES string of the molecule is O=C(C1CCCO1)N1CCC(=Cc2ccccc2)CC1. The summed E-state index contributed by atoms with van der Waals surface area (Å²) in [7, 11) is 0. The lowest BCUT2D eigenvalue weighted by Crippen LogP contribution is -2.42. The van der Waals surface area contributed by atoms with Crippen molar-refractivity contribution in [1.29, 1.82) is 0 Å². The van der Waals surface area contributed by atoms with E-state index >= 15 is 0 Å². The van der Waals surface area contributed by atoms with E-state index in [-0.39, 0.29) is 12.0 Å². The third-order valence-electron chi connectivity index (χ3n) is 4.09. The van der Waals surface area contributed by atoms with Gasteiger partial charge in [0, 0.05) is 19.7 Å². The van der Waals surface area contributed by atoms with E-state index in [1.165, 1.54) is 11.1 Å². The van der Waals surface area contributed by atoms with E-state index in [0.29, 0.717) is 0 Å². The lowest BCUT2D eigenvalue weighted by Gasteiger charge is -2.30. The molecule has 1 aromatic rings. The molecule has 0 aromatic heterocycles. The molecule has 3 nitrogen and oxygen atoms in total. The monoisotopic (exact) mass is 271 g/mol. The molecule has 0 N–H and O–H groups in total. The first kappa shape index (κ1) is 13.4. The maximum Gasteiger partial charge on any atom is 0.251 e. The molecule has 0 radical (unpaired) electrons. The molecule has 2 saturated heterocycles. The molecule has 2 heterocycles. The van der Waals surface area contributed by atoms with Crippen LogP contribution in [0.1, 0.15) is 31.2 Å². The highest BCUT2D eigenvalue weighted by Crippen LogP contribution is 2.22. The fourth-order valence-corrected chi connectivity index (χ4v) is 2.92. The highest BCUT2D eigenvalue weighted by atomic mass is 16.5. The summed E-state index contributed by atoms with van der Waals surface area (Å²) < 4.78 is 5.48. The molecule has 2 aliphatic rings. The van der Waals surface area contributed by atoms with Gasteiger partial charge in [0.05, 0.1) is 0 Å². The summed E-state index contributed by atoms with van der Waals surface area (Å²) in [4.78, 5) is 14.2. The van der Waals surface area contributed by atoms with Crippen LogP contribution in [0.4, 0.5) is 0 Å². The minimum Gasteiger partial charge on any atom is -0.368 e. The normalized spacial score (nSPS) is 22.9. The van der Waals surface area contributed by atoms with Gasteiger partial charge in [-0.25, -0.2) is 0 Å². The van der Waals surface area contributed by atoms with Crippen molar-refractivity contribution in [2.75, 3.05) is 19.7 Å². The van der Waals surface area contributed by atoms with Crippen molar-refractivity contribution < 1.29 is 9.53 Å². The third kappa shape index (κ3) is 3.10. The highest BCUT2D eigenvalue weighted by Gasteiger charge is 2.29. The van der Waals surface area contributed by atoms with E-state index in [1.54, 1.807) is 0 Å². The van der Waals surface area contributed by atoms with Gasteiger partial charge in [0.1, 0.15) is 6.10 Å². The smallest absolute Gasteiger partial charge is 0.251 e. The molecule has 0 saturated carbocycles. The first-order chi connectivity index (χ1) is 9.83. The summed E-state index contributed by atoms with van der Waals surface area (Å²) in [6.45, 7) is 2.40. The molecule has 2 fully saturated rings. The van der Waals surface area contributed by atoms with Gasteiger partial charge in [0.25, 0.3) is 5.91 Å². The van der Waals surface area contributed by atoms with Gasteiger partial charge in [-0.15, -0.1) is 0 Å². The predicted molar refractivity (Wildman–Crippen MR) is 79.2 cm³/mol. The molecule has 0 bridgehead atoms. The molecular weight excluding hydrogens is 250 g/mol. The van der Waals surface area contributed by atoms with Crippen molar-refractivity contribution >= 4 is 12.0 Å². The maximum absolute atomic E-state index is 12.2. The quantitative estimate of drug-likeness (QED) is 0.827. The number of likely N-dealkylation sites (tertiary alicyclic amines) is 1. The van der Waals surface area contributed by atoms with E-state index < -0.39 is 0 Å². The van der Waals surface area contributed by atoms with Crippen molar-refractivity contribution in [3.63, 3.8) is 0 Å². The number of rotatable bonds is 2. The summed E-state index contributed by atoms with van der Waals surface area (Å²) in [5.41, 5.74) is 2.69. The molecule has 0 spiro atoms. The average molecular weight is 271 g/mol. The standard InChI is InChI=1S/C17H21NO2/c19-17(16-7-4-12-20-16)18-10-8-15(9-11-18)13-14-5-2-1-3-6-14/h1-3,5-6,13,16H,4,7-12H2. The Balaban J connectivity index is 1.56. The lowest BCUT2D eigenvalue weighted by atomic mass is 10.0. The Kier molecular flexibility index (Phi) is 4.16. The van der Waals surface area contributed by atoms with Crippen LogP contribution in [-0.4, -0.2) is 36.6 Å².